The number of amides is 1. The van der Waals surface area contributed by atoms with Crippen LogP contribution in [0.2, 0.25) is 0 Å². The van der Waals surface area contributed by atoms with Crippen molar-refractivity contribution in [2.45, 2.75) is 43.7 Å². The van der Waals surface area contributed by atoms with E-state index in [-0.39, 0.29) is 22.8 Å². The third-order valence-electron chi connectivity index (χ3n) is 4.98. The standard InChI is InChI=1S/C19H24N6O4S2/c1-11(2)17(18(26)21-8-12-3-4-12)25-9-13(23-24-25)10-29-14-5-6-15-16(7-14)30-19(22-15)31(20,27)28/h5-7,9,11-12,17H,3-4,8,10H2,1-2H3,(H,21,26)(H2,20,27,28)/t17-/m0/s1. The van der Waals surface area contributed by atoms with Gasteiger partial charge in [-0.3, -0.25) is 4.79 Å². The second-order valence-corrected chi connectivity index (χ2v) is 10.8. The zero-order chi connectivity index (χ0) is 22.2. The van der Waals surface area contributed by atoms with E-state index in [0.29, 0.717) is 34.1 Å². The van der Waals surface area contributed by atoms with E-state index in [1.165, 1.54) is 12.8 Å². The molecule has 3 N–H and O–H groups in total. The number of ether oxygens (including phenoxy) is 1. The predicted octanol–water partition coefficient (Wildman–Crippen LogP) is 1.84. The van der Waals surface area contributed by atoms with E-state index in [1.807, 2.05) is 13.8 Å². The van der Waals surface area contributed by atoms with E-state index in [9.17, 15) is 13.2 Å². The quantitative estimate of drug-likeness (QED) is 0.492. The smallest absolute Gasteiger partial charge is 0.265 e. The molecule has 0 unspecified atom stereocenters. The number of nitrogens with one attached hydrogen (secondary N) is 1. The second kappa shape index (κ2) is 8.52. The average molecular weight is 465 g/mol. The molecule has 0 saturated heterocycles. The van der Waals surface area contributed by atoms with Gasteiger partial charge in [0, 0.05) is 6.54 Å². The summed E-state index contributed by atoms with van der Waals surface area (Å²) >= 11 is 0.985. The Morgan fingerprint density at radius 1 is 1.39 bits per heavy atom. The van der Waals surface area contributed by atoms with Crippen LogP contribution in [0.3, 0.4) is 0 Å². The van der Waals surface area contributed by atoms with Crippen LogP contribution < -0.4 is 15.2 Å². The summed E-state index contributed by atoms with van der Waals surface area (Å²) in [6.45, 7) is 4.80. The molecule has 1 aliphatic rings. The van der Waals surface area contributed by atoms with E-state index in [2.05, 4.69) is 20.6 Å². The molecule has 2 heterocycles. The van der Waals surface area contributed by atoms with Crippen LogP contribution >= 0.6 is 11.3 Å². The van der Waals surface area contributed by atoms with Gasteiger partial charge in [-0.05, 0) is 42.9 Å². The van der Waals surface area contributed by atoms with Crippen molar-refractivity contribution in [1.82, 2.24) is 25.3 Å². The van der Waals surface area contributed by atoms with Gasteiger partial charge in [0.15, 0.2) is 0 Å². The molecule has 0 bridgehead atoms. The first-order valence-electron chi connectivity index (χ1n) is 9.95. The summed E-state index contributed by atoms with van der Waals surface area (Å²) in [5.41, 5.74) is 1.11. The molecular weight excluding hydrogens is 440 g/mol. The zero-order valence-electron chi connectivity index (χ0n) is 17.2. The number of primary sulfonamides is 1. The minimum absolute atomic E-state index is 0.0522. The lowest BCUT2D eigenvalue weighted by molar-refractivity contribution is -0.126. The van der Waals surface area contributed by atoms with Crippen LogP contribution in [-0.4, -0.2) is 40.8 Å². The third-order valence-corrected chi connectivity index (χ3v) is 7.31. The molecule has 1 fully saturated rings. The summed E-state index contributed by atoms with van der Waals surface area (Å²) in [4.78, 5) is 16.6. The summed E-state index contributed by atoms with van der Waals surface area (Å²) in [6.07, 6.45) is 4.06. The highest BCUT2D eigenvalue weighted by Gasteiger charge is 2.28. The van der Waals surface area contributed by atoms with Crippen molar-refractivity contribution in [2.75, 3.05) is 6.54 Å². The van der Waals surface area contributed by atoms with Gasteiger partial charge in [-0.25, -0.2) is 23.2 Å². The molecule has 0 spiro atoms. The maximum Gasteiger partial charge on any atom is 0.265 e. The molecule has 10 nitrogen and oxygen atoms in total. The highest BCUT2D eigenvalue weighted by molar-refractivity contribution is 7.91. The first-order chi connectivity index (χ1) is 14.7. The Labute approximate surface area is 183 Å². The van der Waals surface area contributed by atoms with Crippen LogP contribution in [-0.2, 0) is 21.4 Å². The van der Waals surface area contributed by atoms with Crippen LogP contribution in [0.1, 0.15) is 38.4 Å². The van der Waals surface area contributed by atoms with E-state index < -0.39 is 16.1 Å². The summed E-state index contributed by atoms with van der Waals surface area (Å²) < 4.78 is 30.8. The van der Waals surface area contributed by atoms with Gasteiger partial charge in [-0.1, -0.05) is 19.1 Å². The Morgan fingerprint density at radius 2 is 2.16 bits per heavy atom. The van der Waals surface area contributed by atoms with Crippen LogP contribution in [0.15, 0.2) is 28.7 Å². The van der Waals surface area contributed by atoms with Crippen LogP contribution in [0.25, 0.3) is 10.2 Å². The number of hydrogen-bond acceptors (Lipinski definition) is 8. The highest BCUT2D eigenvalue weighted by Crippen LogP contribution is 2.29. The molecule has 4 rings (SSSR count). The lowest BCUT2D eigenvalue weighted by Crippen LogP contribution is -2.36. The van der Waals surface area contributed by atoms with Crippen molar-refractivity contribution in [2.24, 2.45) is 17.0 Å². The number of hydrogen-bond donors (Lipinski definition) is 2. The molecule has 31 heavy (non-hydrogen) atoms. The molecule has 1 aliphatic carbocycles. The van der Waals surface area contributed by atoms with E-state index in [1.54, 1.807) is 29.1 Å². The van der Waals surface area contributed by atoms with Crippen LogP contribution in [0.4, 0.5) is 0 Å². The van der Waals surface area contributed by atoms with E-state index >= 15 is 0 Å². The average Bonchev–Trinajstić information content (AvgIpc) is 3.24. The van der Waals surface area contributed by atoms with Gasteiger partial charge in [-0.2, -0.15) is 0 Å². The summed E-state index contributed by atoms with van der Waals surface area (Å²) in [6, 6.07) is 4.63. The molecular formula is C19H24N6O4S2. The maximum absolute atomic E-state index is 12.6. The fourth-order valence-electron chi connectivity index (χ4n) is 3.17. The lowest BCUT2D eigenvalue weighted by atomic mass is 10.0. The Kier molecular flexibility index (Phi) is 5.95. The summed E-state index contributed by atoms with van der Waals surface area (Å²) in [7, 11) is -3.85. The third kappa shape index (κ3) is 5.20. The van der Waals surface area contributed by atoms with Crippen molar-refractivity contribution in [3.8, 4) is 5.75 Å². The number of benzene rings is 1. The van der Waals surface area contributed by atoms with Gasteiger partial charge in [-0.15, -0.1) is 16.4 Å². The van der Waals surface area contributed by atoms with Gasteiger partial charge in [0.25, 0.3) is 10.0 Å². The largest absolute Gasteiger partial charge is 0.487 e. The molecule has 1 atom stereocenters. The fourth-order valence-corrected chi connectivity index (χ4v) is 4.85. The fraction of sp³-hybridized carbons (Fsp3) is 0.474. The number of thiazole rings is 1. The Hall–Kier alpha value is -2.57. The topological polar surface area (TPSA) is 142 Å². The van der Waals surface area contributed by atoms with Gasteiger partial charge < -0.3 is 10.1 Å². The predicted molar refractivity (Wildman–Crippen MR) is 115 cm³/mol. The SMILES string of the molecule is CC(C)[C@@H](C(=O)NCC1CC1)n1cc(COc2ccc3nc(S(N)(=O)=O)sc3c2)nn1. The molecule has 0 aliphatic heterocycles. The maximum atomic E-state index is 12.6. The van der Waals surface area contributed by atoms with Crippen LogP contribution in [0.5, 0.6) is 5.75 Å². The second-order valence-electron chi connectivity index (χ2n) is 8.01. The normalized spacial score (nSPS) is 15.4. The highest BCUT2D eigenvalue weighted by atomic mass is 32.2. The number of aromatic nitrogens is 4. The van der Waals surface area contributed by atoms with Gasteiger partial charge in [0.2, 0.25) is 10.2 Å². The summed E-state index contributed by atoms with van der Waals surface area (Å²) in [5, 5.41) is 16.4. The van der Waals surface area contributed by atoms with Crippen LogP contribution in [0, 0.1) is 11.8 Å². The molecule has 1 aromatic carbocycles. The number of carbonyl (C=O) groups is 1. The van der Waals surface area contributed by atoms with Crippen molar-refractivity contribution in [1.29, 1.82) is 0 Å². The molecule has 12 heteroatoms. The van der Waals surface area contributed by atoms with Gasteiger partial charge >= 0.3 is 0 Å². The number of nitrogens with two attached hydrogens (primary N) is 1. The molecule has 3 aromatic rings. The Bertz CT molecular complexity index is 1200. The molecule has 166 valence electrons. The molecule has 0 radical (unpaired) electrons. The summed E-state index contributed by atoms with van der Waals surface area (Å²) in [5.74, 6) is 1.14. The minimum atomic E-state index is -3.85. The van der Waals surface area contributed by atoms with Crippen molar-refractivity contribution in [3.63, 3.8) is 0 Å². The Balaban J connectivity index is 1.42. The number of fused-ring (bicyclic) bond motifs is 1. The van der Waals surface area contributed by atoms with Crippen molar-refractivity contribution < 1.29 is 17.9 Å². The number of carbonyl (C=O) groups excluding carboxylic acids is 1. The number of nitrogens with zero attached hydrogens (tertiary/aromatic N) is 4. The first kappa shape index (κ1) is 21.7. The number of rotatable bonds is 9. The molecule has 1 amide bonds. The van der Waals surface area contributed by atoms with Crippen molar-refractivity contribution in [3.05, 3.63) is 30.1 Å². The zero-order valence-corrected chi connectivity index (χ0v) is 18.8. The Morgan fingerprint density at radius 3 is 2.84 bits per heavy atom. The molecule has 2 aromatic heterocycles. The lowest BCUT2D eigenvalue weighted by Gasteiger charge is -2.20. The van der Waals surface area contributed by atoms with Gasteiger partial charge in [0.05, 0.1) is 16.4 Å². The van der Waals surface area contributed by atoms with E-state index in [4.69, 9.17) is 9.88 Å². The minimum Gasteiger partial charge on any atom is -0.487 e. The molecule has 1 saturated carbocycles. The van der Waals surface area contributed by atoms with Crippen molar-refractivity contribution >= 4 is 37.5 Å². The monoisotopic (exact) mass is 464 g/mol. The first-order valence-corrected chi connectivity index (χ1v) is 12.3. The number of sulfonamides is 1. The van der Waals surface area contributed by atoms with E-state index in [0.717, 1.165) is 11.3 Å². The van der Waals surface area contributed by atoms with Gasteiger partial charge in [0.1, 0.15) is 24.1 Å².